The number of carbonyl (C=O) groups is 1. The van der Waals surface area contributed by atoms with Crippen LogP contribution in [0.2, 0.25) is 0 Å². The number of phenolic OH excluding ortho intramolecular Hbond substituents is 1. The molecule has 3 heteroatoms. The van der Waals surface area contributed by atoms with E-state index < -0.39 is 11.4 Å². The number of benzene rings is 1. The molecule has 1 aromatic rings. The topological polar surface area (TPSA) is 57.5 Å². The quantitative estimate of drug-likeness (QED) is 0.827. The van der Waals surface area contributed by atoms with Gasteiger partial charge in [0.25, 0.3) is 0 Å². The number of carboxylic acids is 1. The van der Waals surface area contributed by atoms with Crippen molar-refractivity contribution in [3.05, 3.63) is 28.8 Å². The van der Waals surface area contributed by atoms with E-state index in [0.29, 0.717) is 12.0 Å². The molecule has 1 fully saturated rings. The molecule has 17 heavy (non-hydrogen) atoms. The van der Waals surface area contributed by atoms with Gasteiger partial charge in [-0.05, 0) is 42.9 Å². The Morgan fingerprint density at radius 1 is 1.24 bits per heavy atom. The van der Waals surface area contributed by atoms with Crippen LogP contribution in [0.4, 0.5) is 0 Å². The lowest BCUT2D eigenvalue weighted by molar-refractivity contribution is -0.141. The van der Waals surface area contributed by atoms with Crippen LogP contribution in [0.5, 0.6) is 5.75 Å². The van der Waals surface area contributed by atoms with E-state index in [1.807, 2.05) is 33.8 Å². The first-order valence-electron chi connectivity index (χ1n) is 5.76. The Kier molecular flexibility index (Phi) is 2.29. The van der Waals surface area contributed by atoms with Gasteiger partial charge in [-0.2, -0.15) is 0 Å². The molecule has 1 saturated carbocycles. The van der Waals surface area contributed by atoms with Gasteiger partial charge in [0.1, 0.15) is 11.2 Å². The van der Waals surface area contributed by atoms with E-state index in [-0.39, 0.29) is 11.2 Å². The molecule has 0 aliphatic heterocycles. The first kappa shape index (κ1) is 12.0. The number of carboxylic acid groups (broad SMARTS) is 1. The second kappa shape index (κ2) is 3.25. The van der Waals surface area contributed by atoms with E-state index in [1.54, 1.807) is 6.07 Å². The average molecular weight is 234 g/mol. The minimum Gasteiger partial charge on any atom is -0.508 e. The van der Waals surface area contributed by atoms with Crippen molar-refractivity contribution in [3.8, 4) is 5.75 Å². The minimum atomic E-state index is -0.921. The number of aromatic hydroxyl groups is 1. The lowest BCUT2D eigenvalue weighted by Gasteiger charge is -2.19. The molecule has 2 N–H and O–H groups in total. The Morgan fingerprint density at radius 2 is 1.71 bits per heavy atom. The van der Waals surface area contributed by atoms with Crippen LogP contribution in [-0.4, -0.2) is 16.2 Å². The molecule has 0 heterocycles. The van der Waals surface area contributed by atoms with Crippen molar-refractivity contribution >= 4 is 5.97 Å². The molecule has 0 radical (unpaired) electrons. The van der Waals surface area contributed by atoms with E-state index in [9.17, 15) is 15.0 Å². The molecule has 0 amide bonds. The van der Waals surface area contributed by atoms with E-state index >= 15 is 0 Å². The van der Waals surface area contributed by atoms with E-state index in [1.165, 1.54) is 0 Å². The Hall–Kier alpha value is -1.51. The Labute approximate surface area is 101 Å². The van der Waals surface area contributed by atoms with Gasteiger partial charge in [0.15, 0.2) is 0 Å². The third-order valence-electron chi connectivity index (χ3n) is 4.17. The normalized spacial score (nSPS) is 25.6. The third-order valence-corrected chi connectivity index (χ3v) is 4.17. The molecule has 0 bridgehead atoms. The van der Waals surface area contributed by atoms with Gasteiger partial charge in [0.05, 0.1) is 0 Å². The number of aryl methyl sites for hydroxylation is 2. The summed E-state index contributed by atoms with van der Waals surface area (Å²) in [5, 5.41) is 19.5. The second-order valence-electron chi connectivity index (χ2n) is 5.72. The molecule has 3 nitrogen and oxygen atoms in total. The smallest absolute Gasteiger partial charge is 0.314 e. The van der Waals surface area contributed by atoms with E-state index in [4.69, 9.17) is 0 Å². The lowest BCUT2D eigenvalue weighted by Crippen LogP contribution is -2.25. The first-order chi connectivity index (χ1) is 7.72. The molecule has 1 aromatic carbocycles. The molecule has 0 saturated heterocycles. The molecule has 0 aromatic heterocycles. The summed E-state index contributed by atoms with van der Waals surface area (Å²) in [4.78, 5) is 11.5. The van der Waals surface area contributed by atoms with Crippen molar-refractivity contribution in [2.45, 2.75) is 39.5 Å². The number of hydrogen-bond acceptors (Lipinski definition) is 2. The zero-order valence-corrected chi connectivity index (χ0v) is 10.7. The van der Waals surface area contributed by atoms with Crippen LogP contribution in [0.1, 0.15) is 37.0 Å². The summed E-state index contributed by atoms with van der Waals surface area (Å²) in [5.74, 6) is -0.748. The van der Waals surface area contributed by atoms with Crippen molar-refractivity contribution in [1.29, 1.82) is 0 Å². The van der Waals surface area contributed by atoms with Crippen LogP contribution in [0.15, 0.2) is 12.1 Å². The van der Waals surface area contributed by atoms with Gasteiger partial charge >= 0.3 is 5.97 Å². The summed E-state index contributed by atoms with van der Waals surface area (Å²) in [6.45, 7) is 7.69. The fourth-order valence-electron chi connectivity index (χ4n) is 2.70. The first-order valence-corrected chi connectivity index (χ1v) is 5.76. The summed E-state index contributed by atoms with van der Waals surface area (Å²) < 4.78 is 0. The average Bonchev–Trinajstić information content (AvgIpc) is 2.77. The maximum Gasteiger partial charge on any atom is 0.314 e. The van der Waals surface area contributed by atoms with Crippen molar-refractivity contribution in [2.24, 2.45) is 5.41 Å². The summed E-state index contributed by atoms with van der Waals surface area (Å²) in [6.07, 6.45) is 0.575. The van der Waals surface area contributed by atoms with Crippen molar-refractivity contribution in [3.63, 3.8) is 0 Å². The molecule has 1 aliphatic carbocycles. The number of aliphatic carboxylic acids is 1. The van der Waals surface area contributed by atoms with Gasteiger partial charge in [0, 0.05) is 5.56 Å². The summed E-state index contributed by atoms with van der Waals surface area (Å²) in [5.41, 5.74) is 1.33. The molecular formula is C14H18O3. The monoisotopic (exact) mass is 234 g/mol. The van der Waals surface area contributed by atoms with Crippen molar-refractivity contribution < 1.29 is 15.0 Å². The van der Waals surface area contributed by atoms with Crippen LogP contribution in [0.3, 0.4) is 0 Å². The molecule has 92 valence electrons. The molecular weight excluding hydrogens is 216 g/mol. The maximum atomic E-state index is 11.5. The van der Waals surface area contributed by atoms with E-state index in [2.05, 4.69) is 0 Å². The van der Waals surface area contributed by atoms with Gasteiger partial charge in [0.2, 0.25) is 0 Å². The molecule has 1 unspecified atom stereocenters. The predicted molar refractivity (Wildman–Crippen MR) is 65.3 cm³/mol. The SMILES string of the molecule is Cc1cc(O)c(C2(C(=O)O)CC2(C)C)cc1C. The predicted octanol–water partition coefficient (Wildman–Crippen LogP) is 2.76. The van der Waals surface area contributed by atoms with Crippen LogP contribution in [0, 0.1) is 19.3 Å². The number of rotatable bonds is 2. The Balaban J connectivity index is 2.62. The van der Waals surface area contributed by atoms with Crippen LogP contribution >= 0.6 is 0 Å². The summed E-state index contributed by atoms with van der Waals surface area (Å²) in [7, 11) is 0. The highest BCUT2D eigenvalue weighted by atomic mass is 16.4. The highest BCUT2D eigenvalue weighted by Crippen LogP contribution is 2.66. The van der Waals surface area contributed by atoms with Crippen molar-refractivity contribution in [2.75, 3.05) is 0 Å². The fraction of sp³-hybridized carbons (Fsp3) is 0.500. The number of phenols is 1. The molecule has 1 aliphatic rings. The van der Waals surface area contributed by atoms with Gasteiger partial charge in [-0.3, -0.25) is 4.79 Å². The van der Waals surface area contributed by atoms with E-state index in [0.717, 1.165) is 11.1 Å². The largest absolute Gasteiger partial charge is 0.508 e. The Morgan fingerprint density at radius 3 is 2.12 bits per heavy atom. The lowest BCUT2D eigenvalue weighted by atomic mass is 9.85. The zero-order chi connectivity index (χ0) is 13.0. The molecule has 1 atom stereocenters. The maximum absolute atomic E-state index is 11.5. The number of hydrogen-bond donors (Lipinski definition) is 2. The summed E-state index contributed by atoms with van der Waals surface area (Å²) >= 11 is 0. The highest BCUT2D eigenvalue weighted by molar-refractivity contribution is 5.88. The van der Waals surface area contributed by atoms with Crippen LogP contribution in [-0.2, 0) is 10.2 Å². The zero-order valence-electron chi connectivity index (χ0n) is 10.7. The van der Waals surface area contributed by atoms with Gasteiger partial charge < -0.3 is 10.2 Å². The van der Waals surface area contributed by atoms with Gasteiger partial charge in [-0.25, -0.2) is 0 Å². The summed E-state index contributed by atoms with van der Waals surface area (Å²) in [6, 6.07) is 3.47. The van der Waals surface area contributed by atoms with Crippen molar-refractivity contribution in [1.82, 2.24) is 0 Å². The fourth-order valence-corrected chi connectivity index (χ4v) is 2.70. The third kappa shape index (κ3) is 1.45. The standard InChI is InChI=1S/C14H18O3/c1-8-5-10(11(15)6-9(8)2)14(12(16)17)7-13(14,3)4/h5-6,15H,7H2,1-4H3,(H,16,17). The molecule has 2 rings (SSSR count). The minimum absolute atomic E-state index is 0.0982. The van der Waals surface area contributed by atoms with Crippen LogP contribution in [0.25, 0.3) is 0 Å². The van der Waals surface area contributed by atoms with Crippen LogP contribution < -0.4 is 0 Å². The Bertz CT molecular complexity index is 502. The van der Waals surface area contributed by atoms with Gasteiger partial charge in [-0.15, -0.1) is 0 Å². The highest BCUT2D eigenvalue weighted by Gasteiger charge is 2.68. The van der Waals surface area contributed by atoms with Gasteiger partial charge in [-0.1, -0.05) is 19.9 Å². The second-order valence-corrected chi connectivity index (χ2v) is 5.72. The molecule has 0 spiro atoms.